The second-order valence-electron chi connectivity index (χ2n) is 3.77. The molecule has 2 rings (SSSR count). The maximum atomic E-state index is 4.26. The minimum absolute atomic E-state index is 0.130. The first kappa shape index (κ1) is 12.3. The van der Waals surface area contributed by atoms with Crippen LogP contribution >= 0.6 is 15.9 Å². The standard InChI is InChI=1S/C12H15BrN4/c1-3-15-11(9-4-6-14-7-5-9)12-10(13)8-16-17(12)2/h4-8,11,15H,3H2,1-2H3. The smallest absolute Gasteiger partial charge is 0.0760 e. The van der Waals surface area contributed by atoms with Crippen molar-refractivity contribution in [2.24, 2.45) is 7.05 Å². The quantitative estimate of drug-likeness (QED) is 0.941. The maximum Gasteiger partial charge on any atom is 0.0760 e. The summed E-state index contributed by atoms with van der Waals surface area (Å²) in [6.45, 7) is 2.99. The third-order valence-corrected chi connectivity index (χ3v) is 3.27. The number of aromatic nitrogens is 3. The van der Waals surface area contributed by atoms with E-state index < -0.39 is 0 Å². The molecule has 0 saturated heterocycles. The molecule has 5 heteroatoms. The van der Waals surface area contributed by atoms with Gasteiger partial charge in [-0.3, -0.25) is 9.67 Å². The first-order valence-corrected chi connectivity index (χ1v) is 6.34. The Morgan fingerprint density at radius 2 is 2.12 bits per heavy atom. The Bertz CT molecular complexity index is 461. The van der Waals surface area contributed by atoms with Crippen molar-refractivity contribution in [1.82, 2.24) is 20.1 Å². The van der Waals surface area contributed by atoms with E-state index in [0.717, 1.165) is 16.7 Å². The van der Waals surface area contributed by atoms with Crippen LogP contribution in [0.15, 0.2) is 35.2 Å². The summed E-state index contributed by atoms with van der Waals surface area (Å²) in [7, 11) is 1.95. The van der Waals surface area contributed by atoms with Gasteiger partial charge in [-0.15, -0.1) is 0 Å². The van der Waals surface area contributed by atoms with Gasteiger partial charge in [0.15, 0.2) is 0 Å². The number of halogens is 1. The molecule has 0 aliphatic rings. The van der Waals surface area contributed by atoms with Gasteiger partial charge in [0.2, 0.25) is 0 Å². The van der Waals surface area contributed by atoms with Crippen molar-refractivity contribution in [3.05, 3.63) is 46.5 Å². The largest absolute Gasteiger partial charge is 0.305 e. The molecule has 17 heavy (non-hydrogen) atoms. The molecule has 2 aromatic rings. The second kappa shape index (κ2) is 5.42. The van der Waals surface area contributed by atoms with E-state index in [-0.39, 0.29) is 6.04 Å². The molecule has 0 aliphatic heterocycles. The summed E-state index contributed by atoms with van der Waals surface area (Å²) >= 11 is 3.55. The van der Waals surface area contributed by atoms with Crippen molar-refractivity contribution in [2.45, 2.75) is 13.0 Å². The summed E-state index contributed by atoms with van der Waals surface area (Å²) in [6, 6.07) is 4.17. The van der Waals surface area contributed by atoms with Crippen LogP contribution < -0.4 is 5.32 Å². The Morgan fingerprint density at radius 3 is 2.65 bits per heavy atom. The highest BCUT2D eigenvalue weighted by atomic mass is 79.9. The minimum atomic E-state index is 0.130. The average Bonchev–Trinajstić information content (AvgIpc) is 2.68. The molecular formula is C12H15BrN4. The van der Waals surface area contributed by atoms with Crippen LogP contribution in [-0.4, -0.2) is 21.3 Å². The van der Waals surface area contributed by atoms with Crippen molar-refractivity contribution in [2.75, 3.05) is 6.54 Å². The number of pyridine rings is 1. The average molecular weight is 295 g/mol. The number of aryl methyl sites for hydroxylation is 1. The fourth-order valence-corrected chi connectivity index (χ4v) is 2.45. The van der Waals surface area contributed by atoms with Crippen molar-refractivity contribution in [3.8, 4) is 0 Å². The van der Waals surface area contributed by atoms with E-state index in [1.165, 1.54) is 5.56 Å². The van der Waals surface area contributed by atoms with Crippen LogP contribution in [-0.2, 0) is 7.05 Å². The van der Waals surface area contributed by atoms with E-state index >= 15 is 0 Å². The summed E-state index contributed by atoms with van der Waals surface area (Å²) in [6.07, 6.45) is 5.44. The van der Waals surface area contributed by atoms with Gasteiger partial charge in [0.05, 0.1) is 22.4 Å². The molecule has 0 bridgehead atoms. The molecule has 0 fully saturated rings. The molecule has 4 nitrogen and oxygen atoms in total. The van der Waals surface area contributed by atoms with Gasteiger partial charge < -0.3 is 5.32 Å². The van der Waals surface area contributed by atoms with Gasteiger partial charge in [-0.05, 0) is 40.2 Å². The molecule has 1 unspecified atom stereocenters. The Morgan fingerprint density at radius 1 is 1.41 bits per heavy atom. The highest BCUT2D eigenvalue weighted by Gasteiger charge is 2.19. The van der Waals surface area contributed by atoms with Crippen molar-refractivity contribution < 1.29 is 0 Å². The van der Waals surface area contributed by atoms with Crippen LogP contribution in [0, 0.1) is 0 Å². The van der Waals surface area contributed by atoms with Crippen LogP contribution in [0.5, 0.6) is 0 Å². The van der Waals surface area contributed by atoms with Crippen molar-refractivity contribution in [1.29, 1.82) is 0 Å². The molecule has 2 aromatic heterocycles. The first-order valence-electron chi connectivity index (χ1n) is 5.54. The molecule has 0 spiro atoms. The molecule has 0 radical (unpaired) electrons. The van der Waals surface area contributed by atoms with Crippen LogP contribution in [0.4, 0.5) is 0 Å². The van der Waals surface area contributed by atoms with E-state index in [9.17, 15) is 0 Å². The molecule has 2 heterocycles. The van der Waals surface area contributed by atoms with Gasteiger partial charge in [-0.2, -0.15) is 5.10 Å². The highest BCUT2D eigenvalue weighted by Crippen LogP contribution is 2.27. The lowest BCUT2D eigenvalue weighted by atomic mass is 10.1. The summed E-state index contributed by atoms with van der Waals surface area (Å²) in [4.78, 5) is 4.05. The summed E-state index contributed by atoms with van der Waals surface area (Å²) in [5.74, 6) is 0. The first-order chi connectivity index (χ1) is 8.24. The van der Waals surface area contributed by atoms with Gasteiger partial charge >= 0.3 is 0 Å². The third kappa shape index (κ3) is 2.56. The van der Waals surface area contributed by atoms with Crippen LogP contribution in [0.25, 0.3) is 0 Å². The predicted octanol–water partition coefficient (Wildman–Crippen LogP) is 2.28. The topological polar surface area (TPSA) is 42.7 Å². The monoisotopic (exact) mass is 294 g/mol. The van der Waals surface area contributed by atoms with E-state index in [1.807, 2.05) is 42.5 Å². The summed E-state index contributed by atoms with van der Waals surface area (Å²) in [5, 5.41) is 7.72. The van der Waals surface area contributed by atoms with Crippen LogP contribution in [0.1, 0.15) is 24.2 Å². The number of nitrogens with one attached hydrogen (secondary N) is 1. The molecule has 1 atom stereocenters. The van der Waals surface area contributed by atoms with E-state index in [4.69, 9.17) is 0 Å². The fourth-order valence-electron chi connectivity index (χ4n) is 1.88. The molecule has 0 amide bonds. The zero-order valence-electron chi connectivity index (χ0n) is 9.89. The van der Waals surface area contributed by atoms with E-state index in [2.05, 4.69) is 38.3 Å². The third-order valence-electron chi connectivity index (χ3n) is 2.66. The lowest BCUT2D eigenvalue weighted by Crippen LogP contribution is -2.24. The Balaban J connectivity index is 2.43. The zero-order valence-corrected chi connectivity index (χ0v) is 11.5. The van der Waals surface area contributed by atoms with Gasteiger partial charge in [-0.25, -0.2) is 0 Å². The van der Waals surface area contributed by atoms with Crippen molar-refractivity contribution in [3.63, 3.8) is 0 Å². The highest BCUT2D eigenvalue weighted by molar-refractivity contribution is 9.10. The van der Waals surface area contributed by atoms with E-state index in [0.29, 0.717) is 0 Å². The van der Waals surface area contributed by atoms with Gasteiger partial charge in [0, 0.05) is 19.4 Å². The van der Waals surface area contributed by atoms with Gasteiger partial charge in [-0.1, -0.05) is 6.92 Å². The summed E-state index contributed by atoms with van der Waals surface area (Å²) in [5.41, 5.74) is 2.31. The SMILES string of the molecule is CCNC(c1ccncc1)c1c(Br)cnn1C. The molecule has 0 aromatic carbocycles. The molecule has 0 aliphatic carbocycles. The Hall–Kier alpha value is -1.20. The number of hydrogen-bond donors (Lipinski definition) is 1. The number of hydrogen-bond acceptors (Lipinski definition) is 3. The van der Waals surface area contributed by atoms with Crippen LogP contribution in [0.2, 0.25) is 0 Å². The molecule has 1 N–H and O–H groups in total. The summed E-state index contributed by atoms with van der Waals surface area (Å²) < 4.78 is 2.90. The zero-order chi connectivity index (χ0) is 12.3. The van der Waals surface area contributed by atoms with Crippen LogP contribution in [0.3, 0.4) is 0 Å². The Kier molecular flexibility index (Phi) is 3.91. The second-order valence-corrected chi connectivity index (χ2v) is 4.63. The lowest BCUT2D eigenvalue weighted by molar-refractivity contribution is 0.570. The fraction of sp³-hybridized carbons (Fsp3) is 0.333. The number of rotatable bonds is 4. The predicted molar refractivity (Wildman–Crippen MR) is 70.7 cm³/mol. The van der Waals surface area contributed by atoms with Gasteiger partial charge in [0.1, 0.15) is 0 Å². The molecule has 90 valence electrons. The molecule has 0 saturated carbocycles. The lowest BCUT2D eigenvalue weighted by Gasteiger charge is -2.19. The van der Waals surface area contributed by atoms with E-state index in [1.54, 1.807) is 0 Å². The molecular weight excluding hydrogens is 280 g/mol. The Labute approximate surface area is 109 Å². The minimum Gasteiger partial charge on any atom is -0.305 e. The van der Waals surface area contributed by atoms with Gasteiger partial charge in [0.25, 0.3) is 0 Å². The normalized spacial score (nSPS) is 12.6. The van der Waals surface area contributed by atoms with Crippen molar-refractivity contribution >= 4 is 15.9 Å². The maximum absolute atomic E-state index is 4.26. The number of nitrogens with zero attached hydrogens (tertiary/aromatic N) is 3.